The lowest BCUT2D eigenvalue weighted by Gasteiger charge is -2.10. The van der Waals surface area contributed by atoms with Gasteiger partial charge in [0.15, 0.2) is 0 Å². The third-order valence-electron chi connectivity index (χ3n) is 3.42. The van der Waals surface area contributed by atoms with Gasteiger partial charge in [-0.05, 0) is 30.3 Å². The molecule has 14 heavy (non-hydrogen) atoms. The van der Waals surface area contributed by atoms with Crippen molar-refractivity contribution in [3.8, 4) is 0 Å². The van der Waals surface area contributed by atoms with E-state index in [1.807, 2.05) is 13.8 Å². The van der Waals surface area contributed by atoms with Gasteiger partial charge in [0, 0.05) is 0 Å². The maximum Gasteiger partial charge on any atom is 0.307 e. The third kappa shape index (κ3) is 1.78. The van der Waals surface area contributed by atoms with E-state index in [4.69, 9.17) is 28.3 Å². The first kappa shape index (κ1) is 11.9. The molecule has 0 radical (unpaired) electrons. The summed E-state index contributed by atoms with van der Waals surface area (Å²) < 4.78 is 0.171. The second-order valence-electron chi connectivity index (χ2n) is 3.74. The fraction of sp³-hybridized carbons (Fsp3) is 0.700. The van der Waals surface area contributed by atoms with Crippen LogP contribution in [0.3, 0.4) is 0 Å². The lowest BCUT2D eigenvalue weighted by Crippen LogP contribution is -2.08. The monoisotopic (exact) mass is 236 g/mol. The van der Waals surface area contributed by atoms with E-state index in [0.29, 0.717) is 0 Å². The molecular weight excluding hydrogens is 223 g/mol. The van der Waals surface area contributed by atoms with Gasteiger partial charge in [-0.15, -0.1) is 0 Å². The predicted octanol–water partition coefficient (Wildman–Crippen LogP) is 3.44. The summed E-state index contributed by atoms with van der Waals surface area (Å²) in [6, 6.07) is 0. The summed E-state index contributed by atoms with van der Waals surface area (Å²) in [5.74, 6) is -1.06. The number of hydrogen-bond acceptors (Lipinski definition) is 1. The Labute approximate surface area is 93.9 Å². The highest BCUT2D eigenvalue weighted by atomic mass is 35.5. The van der Waals surface area contributed by atoms with E-state index < -0.39 is 5.97 Å². The quantitative estimate of drug-likeness (QED) is 0.813. The molecule has 1 fully saturated rings. The fourth-order valence-corrected chi connectivity index (χ4v) is 2.75. The first-order valence-electron chi connectivity index (χ1n) is 4.75. The molecule has 0 saturated heterocycles. The summed E-state index contributed by atoms with van der Waals surface area (Å²) in [5.41, 5.74) is -0.124. The van der Waals surface area contributed by atoms with Gasteiger partial charge in [-0.3, -0.25) is 4.79 Å². The lowest BCUT2D eigenvalue weighted by molar-refractivity contribution is -0.139. The number of rotatable bonds is 4. The van der Waals surface area contributed by atoms with Crippen LogP contribution in [0.1, 0.15) is 26.7 Å². The predicted molar refractivity (Wildman–Crippen MR) is 57.4 cm³/mol. The molecule has 0 aromatic heterocycles. The summed E-state index contributed by atoms with van der Waals surface area (Å²) >= 11 is 11.1. The molecule has 0 aliphatic heterocycles. The van der Waals surface area contributed by atoms with E-state index >= 15 is 0 Å². The molecule has 4 heteroatoms. The highest BCUT2D eigenvalue weighted by Crippen LogP contribution is 2.64. The van der Waals surface area contributed by atoms with Crippen molar-refractivity contribution in [2.24, 2.45) is 17.3 Å². The van der Waals surface area contributed by atoms with Crippen molar-refractivity contribution in [3.63, 3.8) is 0 Å². The minimum absolute atomic E-state index is 0.000000000000000222. The first-order chi connectivity index (χ1) is 6.49. The van der Waals surface area contributed by atoms with Gasteiger partial charge in [0.2, 0.25) is 0 Å². The minimum Gasteiger partial charge on any atom is -0.481 e. The molecule has 80 valence electrons. The Hall–Kier alpha value is -0.210. The van der Waals surface area contributed by atoms with Gasteiger partial charge >= 0.3 is 5.97 Å². The number of carboxylic acids is 1. The summed E-state index contributed by atoms with van der Waals surface area (Å²) in [6.45, 7) is 4.02. The van der Waals surface area contributed by atoms with Crippen molar-refractivity contribution < 1.29 is 9.90 Å². The number of halogens is 2. The normalized spacial score (nSPS) is 28.3. The topological polar surface area (TPSA) is 37.3 Å². The molecule has 1 rings (SSSR count). The molecule has 1 saturated carbocycles. The number of aliphatic carboxylic acids is 1. The second kappa shape index (κ2) is 4.11. The second-order valence-corrected chi connectivity index (χ2v) is 4.75. The summed E-state index contributed by atoms with van der Waals surface area (Å²) in [6.07, 6.45) is 3.36. The van der Waals surface area contributed by atoms with E-state index in [2.05, 4.69) is 0 Å². The number of carbonyl (C=O) groups is 1. The van der Waals surface area contributed by atoms with Crippen LogP contribution in [-0.2, 0) is 4.79 Å². The molecule has 1 aliphatic carbocycles. The van der Waals surface area contributed by atoms with E-state index in [1.54, 1.807) is 6.08 Å². The maximum absolute atomic E-state index is 11.0. The Morgan fingerprint density at radius 1 is 1.43 bits per heavy atom. The van der Waals surface area contributed by atoms with Crippen LogP contribution in [0.2, 0.25) is 0 Å². The molecule has 0 aromatic carbocycles. The Bertz CT molecular complexity index is 265. The SMILES string of the molecule is CCC1(CC)[C@@H](C=C(Cl)Cl)[C@@H]1C(=O)O. The van der Waals surface area contributed by atoms with Gasteiger partial charge in [0.25, 0.3) is 0 Å². The Kier molecular flexibility index (Phi) is 3.49. The molecule has 0 unspecified atom stereocenters. The third-order valence-corrected chi connectivity index (χ3v) is 3.67. The van der Waals surface area contributed by atoms with Crippen LogP contribution in [0.5, 0.6) is 0 Å². The van der Waals surface area contributed by atoms with E-state index in [1.165, 1.54) is 0 Å². The Balaban J connectivity index is 2.87. The molecular formula is C10H14Cl2O2. The molecule has 0 heterocycles. The highest BCUT2D eigenvalue weighted by Gasteiger charge is 2.64. The van der Waals surface area contributed by atoms with Crippen molar-refractivity contribution in [2.75, 3.05) is 0 Å². The van der Waals surface area contributed by atoms with Crippen LogP contribution in [0.4, 0.5) is 0 Å². The number of allylic oxidation sites excluding steroid dienone is 1. The molecule has 2 atom stereocenters. The zero-order valence-electron chi connectivity index (χ0n) is 8.26. The van der Waals surface area contributed by atoms with Crippen LogP contribution in [0.25, 0.3) is 0 Å². The fourth-order valence-electron chi connectivity index (χ4n) is 2.48. The van der Waals surface area contributed by atoms with Crippen LogP contribution < -0.4 is 0 Å². The number of carboxylic acid groups (broad SMARTS) is 1. The standard InChI is InChI=1S/C10H14Cl2O2/c1-3-10(4-2)6(5-7(11)12)8(10)9(13)14/h5-6,8H,3-4H2,1-2H3,(H,13,14)/t6-,8+/m0/s1. The van der Waals surface area contributed by atoms with Crippen molar-refractivity contribution in [3.05, 3.63) is 10.6 Å². The molecule has 0 bridgehead atoms. The molecule has 1 N–H and O–H groups in total. The summed E-state index contributed by atoms with van der Waals surface area (Å²) in [5, 5.41) is 9.02. The van der Waals surface area contributed by atoms with Gasteiger partial charge in [0.1, 0.15) is 4.49 Å². The van der Waals surface area contributed by atoms with Crippen LogP contribution in [0, 0.1) is 17.3 Å². The molecule has 0 aromatic rings. The van der Waals surface area contributed by atoms with Crippen LogP contribution in [0.15, 0.2) is 10.6 Å². The molecule has 1 aliphatic rings. The molecule has 0 amide bonds. The van der Waals surface area contributed by atoms with Gasteiger partial charge in [-0.25, -0.2) is 0 Å². The van der Waals surface area contributed by atoms with Crippen molar-refractivity contribution in [2.45, 2.75) is 26.7 Å². The lowest BCUT2D eigenvalue weighted by atomic mass is 9.95. The van der Waals surface area contributed by atoms with Crippen molar-refractivity contribution >= 4 is 29.2 Å². The highest BCUT2D eigenvalue weighted by molar-refractivity contribution is 6.55. The first-order valence-corrected chi connectivity index (χ1v) is 5.50. The smallest absolute Gasteiger partial charge is 0.307 e. The maximum atomic E-state index is 11.0. The van der Waals surface area contributed by atoms with E-state index in [9.17, 15) is 4.79 Å². The van der Waals surface area contributed by atoms with Crippen molar-refractivity contribution in [1.82, 2.24) is 0 Å². The van der Waals surface area contributed by atoms with Gasteiger partial charge in [-0.1, -0.05) is 37.0 Å². The average molecular weight is 237 g/mol. The van der Waals surface area contributed by atoms with Crippen LogP contribution in [-0.4, -0.2) is 11.1 Å². The average Bonchev–Trinajstić information content (AvgIpc) is 2.72. The Morgan fingerprint density at radius 2 is 1.93 bits per heavy atom. The van der Waals surface area contributed by atoms with Gasteiger partial charge in [-0.2, -0.15) is 0 Å². The Morgan fingerprint density at radius 3 is 2.14 bits per heavy atom. The summed E-state index contributed by atoms with van der Waals surface area (Å²) in [7, 11) is 0. The molecule has 0 spiro atoms. The number of hydrogen-bond donors (Lipinski definition) is 1. The van der Waals surface area contributed by atoms with E-state index in [0.717, 1.165) is 12.8 Å². The largest absolute Gasteiger partial charge is 0.481 e. The van der Waals surface area contributed by atoms with Gasteiger partial charge < -0.3 is 5.11 Å². The van der Waals surface area contributed by atoms with E-state index in [-0.39, 0.29) is 21.7 Å². The molecule has 2 nitrogen and oxygen atoms in total. The summed E-state index contributed by atoms with van der Waals surface area (Å²) in [4.78, 5) is 11.0. The zero-order chi connectivity index (χ0) is 10.9. The zero-order valence-corrected chi connectivity index (χ0v) is 9.77. The van der Waals surface area contributed by atoms with Crippen LogP contribution >= 0.6 is 23.2 Å². The minimum atomic E-state index is -0.746. The van der Waals surface area contributed by atoms with Gasteiger partial charge in [0.05, 0.1) is 5.92 Å². The van der Waals surface area contributed by atoms with Crippen molar-refractivity contribution in [1.29, 1.82) is 0 Å².